The van der Waals surface area contributed by atoms with E-state index < -0.39 is 17.9 Å². The van der Waals surface area contributed by atoms with Gasteiger partial charge in [-0.15, -0.1) is 0 Å². The lowest BCUT2D eigenvalue weighted by Crippen LogP contribution is -2.40. The minimum Gasteiger partial charge on any atom is -0.493 e. The number of rotatable bonds is 8. The average molecular weight is 351 g/mol. The molecule has 0 fully saturated rings. The van der Waals surface area contributed by atoms with Gasteiger partial charge < -0.3 is 20.3 Å². The van der Waals surface area contributed by atoms with Crippen molar-refractivity contribution in [2.75, 3.05) is 14.2 Å². The predicted octanol–water partition coefficient (Wildman–Crippen LogP) is 1.18. The van der Waals surface area contributed by atoms with Gasteiger partial charge in [-0.25, -0.2) is 9.79 Å². The van der Waals surface area contributed by atoms with Gasteiger partial charge in [0.2, 0.25) is 5.91 Å². The third-order valence-corrected chi connectivity index (χ3v) is 3.79. The van der Waals surface area contributed by atoms with Gasteiger partial charge in [0.25, 0.3) is 0 Å². The van der Waals surface area contributed by atoms with Crippen molar-refractivity contribution in [1.29, 1.82) is 0 Å². The van der Waals surface area contributed by atoms with E-state index in [1.807, 2.05) is 6.92 Å². The van der Waals surface area contributed by atoms with Crippen molar-refractivity contribution in [3.05, 3.63) is 23.8 Å². The Hall–Kier alpha value is -2.77. The summed E-state index contributed by atoms with van der Waals surface area (Å²) < 4.78 is 10.3. The Bertz CT molecular complexity index is 645. The van der Waals surface area contributed by atoms with Crippen LogP contribution in [0.25, 0.3) is 0 Å². The number of carboxylic acids is 1. The SMILES string of the molecule is CC[C@@H](C)[C@@H](N=C(N)NC(=O)Cc1ccc(OC)c(OC)c1)C(=O)O. The second-order valence-electron chi connectivity index (χ2n) is 5.60. The molecule has 8 heteroatoms. The lowest BCUT2D eigenvalue weighted by Gasteiger charge is -2.15. The van der Waals surface area contributed by atoms with Crippen LogP contribution in [-0.2, 0) is 16.0 Å². The van der Waals surface area contributed by atoms with Crippen LogP contribution in [0.1, 0.15) is 25.8 Å². The molecular formula is C17H25N3O5. The first-order valence-corrected chi connectivity index (χ1v) is 7.89. The van der Waals surface area contributed by atoms with Gasteiger partial charge in [-0.1, -0.05) is 26.3 Å². The Morgan fingerprint density at radius 3 is 2.44 bits per heavy atom. The number of amides is 1. The number of carbonyl (C=O) groups excluding carboxylic acids is 1. The van der Waals surface area contributed by atoms with Gasteiger partial charge in [-0.2, -0.15) is 0 Å². The number of nitrogens with zero attached hydrogens (tertiary/aromatic N) is 1. The van der Waals surface area contributed by atoms with Crippen LogP contribution in [0.4, 0.5) is 0 Å². The Kier molecular flexibility index (Phi) is 7.71. The standard InChI is InChI=1S/C17H25N3O5/c1-5-10(2)15(16(22)23)20-17(18)19-14(21)9-11-6-7-12(24-3)13(8-11)25-4/h6-8,10,15H,5,9H2,1-4H3,(H,22,23)(H3,18,19,20,21)/t10-,15-/m1/s1. The first-order valence-electron chi connectivity index (χ1n) is 7.89. The second kappa shape index (κ2) is 9.51. The number of ether oxygens (including phenoxy) is 2. The van der Waals surface area contributed by atoms with Crippen molar-refractivity contribution in [3.8, 4) is 11.5 Å². The maximum Gasteiger partial charge on any atom is 0.328 e. The van der Waals surface area contributed by atoms with Crippen LogP contribution in [0, 0.1) is 5.92 Å². The Balaban J connectivity index is 2.78. The summed E-state index contributed by atoms with van der Waals surface area (Å²) in [5.74, 6) is -0.812. The Labute approximate surface area is 147 Å². The maximum absolute atomic E-state index is 12.1. The minimum absolute atomic E-state index is 0.0393. The molecule has 0 radical (unpaired) electrons. The molecule has 8 nitrogen and oxygen atoms in total. The molecule has 0 spiro atoms. The molecular weight excluding hydrogens is 326 g/mol. The number of carboxylic acid groups (broad SMARTS) is 1. The number of nitrogens with one attached hydrogen (secondary N) is 1. The van der Waals surface area contributed by atoms with E-state index in [-0.39, 0.29) is 18.3 Å². The van der Waals surface area contributed by atoms with Crippen LogP contribution in [0.3, 0.4) is 0 Å². The van der Waals surface area contributed by atoms with Gasteiger partial charge in [0, 0.05) is 0 Å². The van der Waals surface area contributed by atoms with Gasteiger partial charge in [0.1, 0.15) is 0 Å². The number of nitrogens with two attached hydrogens (primary N) is 1. The third kappa shape index (κ3) is 5.98. The molecule has 25 heavy (non-hydrogen) atoms. The van der Waals surface area contributed by atoms with Gasteiger partial charge in [-0.05, 0) is 23.6 Å². The highest BCUT2D eigenvalue weighted by Gasteiger charge is 2.23. The second-order valence-corrected chi connectivity index (χ2v) is 5.60. The molecule has 0 aromatic heterocycles. The summed E-state index contributed by atoms with van der Waals surface area (Å²) in [5.41, 5.74) is 6.37. The van der Waals surface area contributed by atoms with Gasteiger partial charge in [0.15, 0.2) is 23.5 Å². The molecule has 2 atom stereocenters. The van der Waals surface area contributed by atoms with Gasteiger partial charge in [-0.3, -0.25) is 10.1 Å². The zero-order chi connectivity index (χ0) is 19.0. The lowest BCUT2D eigenvalue weighted by molar-refractivity contribution is -0.139. The first-order chi connectivity index (χ1) is 11.8. The normalized spacial score (nSPS) is 13.7. The fourth-order valence-electron chi connectivity index (χ4n) is 2.19. The summed E-state index contributed by atoms with van der Waals surface area (Å²) in [5, 5.41) is 11.6. The molecule has 1 aromatic rings. The molecule has 0 aliphatic rings. The molecule has 0 aliphatic carbocycles. The van der Waals surface area contributed by atoms with Gasteiger partial charge in [0.05, 0.1) is 20.6 Å². The summed E-state index contributed by atoms with van der Waals surface area (Å²) in [6.07, 6.45) is 0.672. The van der Waals surface area contributed by atoms with E-state index >= 15 is 0 Å². The molecule has 1 rings (SSSR count). The number of aliphatic imine (C=N–C) groups is 1. The summed E-state index contributed by atoms with van der Waals surface area (Å²) in [6.45, 7) is 3.63. The molecule has 138 valence electrons. The molecule has 1 amide bonds. The van der Waals surface area contributed by atoms with Crippen LogP contribution < -0.4 is 20.5 Å². The largest absolute Gasteiger partial charge is 0.493 e. The molecule has 0 saturated carbocycles. The van der Waals surface area contributed by atoms with E-state index in [1.54, 1.807) is 25.1 Å². The smallest absolute Gasteiger partial charge is 0.328 e. The van der Waals surface area contributed by atoms with Gasteiger partial charge >= 0.3 is 5.97 Å². The monoisotopic (exact) mass is 351 g/mol. The zero-order valence-corrected chi connectivity index (χ0v) is 14.9. The summed E-state index contributed by atoms with van der Waals surface area (Å²) in [6, 6.07) is 4.12. The van der Waals surface area contributed by atoms with Crippen LogP contribution in [-0.4, -0.2) is 43.2 Å². The summed E-state index contributed by atoms with van der Waals surface area (Å²) in [7, 11) is 3.03. The average Bonchev–Trinajstić information content (AvgIpc) is 2.58. The third-order valence-electron chi connectivity index (χ3n) is 3.79. The molecule has 4 N–H and O–H groups in total. The highest BCUT2D eigenvalue weighted by atomic mass is 16.5. The fourth-order valence-corrected chi connectivity index (χ4v) is 2.19. The van der Waals surface area contributed by atoms with Crippen LogP contribution in [0.2, 0.25) is 0 Å². The van der Waals surface area contributed by atoms with E-state index in [9.17, 15) is 14.7 Å². The molecule has 0 bridgehead atoms. The van der Waals surface area contributed by atoms with E-state index in [0.717, 1.165) is 0 Å². The van der Waals surface area contributed by atoms with Crippen LogP contribution in [0.5, 0.6) is 11.5 Å². The summed E-state index contributed by atoms with van der Waals surface area (Å²) >= 11 is 0. The van der Waals surface area contributed by atoms with Crippen molar-refractivity contribution >= 4 is 17.8 Å². The minimum atomic E-state index is -1.08. The molecule has 0 aliphatic heterocycles. The van der Waals surface area contributed by atoms with Crippen LogP contribution in [0.15, 0.2) is 23.2 Å². The fraction of sp³-hybridized carbons (Fsp3) is 0.471. The van der Waals surface area contributed by atoms with Crippen molar-refractivity contribution in [2.24, 2.45) is 16.6 Å². The van der Waals surface area contributed by atoms with Crippen LogP contribution >= 0.6 is 0 Å². The number of aliphatic carboxylic acids is 1. The van der Waals surface area contributed by atoms with Crippen molar-refractivity contribution in [1.82, 2.24) is 5.32 Å². The number of methoxy groups -OCH3 is 2. The maximum atomic E-state index is 12.1. The van der Waals surface area contributed by atoms with E-state index in [4.69, 9.17) is 15.2 Å². The Morgan fingerprint density at radius 2 is 1.92 bits per heavy atom. The summed E-state index contributed by atoms with van der Waals surface area (Å²) in [4.78, 5) is 27.2. The highest BCUT2D eigenvalue weighted by Crippen LogP contribution is 2.27. The lowest BCUT2D eigenvalue weighted by atomic mass is 10.0. The highest BCUT2D eigenvalue weighted by molar-refractivity contribution is 5.97. The van der Waals surface area contributed by atoms with Crippen molar-refractivity contribution in [2.45, 2.75) is 32.7 Å². The topological polar surface area (TPSA) is 123 Å². The number of guanidine groups is 1. The number of benzene rings is 1. The molecule has 0 saturated heterocycles. The predicted molar refractivity (Wildman–Crippen MR) is 93.9 cm³/mol. The van der Waals surface area contributed by atoms with Crippen molar-refractivity contribution in [3.63, 3.8) is 0 Å². The number of carbonyl (C=O) groups is 2. The Morgan fingerprint density at radius 1 is 1.28 bits per heavy atom. The molecule has 0 heterocycles. The molecule has 0 unspecified atom stereocenters. The first kappa shape index (κ1) is 20.3. The molecule has 1 aromatic carbocycles. The van der Waals surface area contributed by atoms with E-state index in [1.165, 1.54) is 14.2 Å². The quantitative estimate of drug-likeness (QED) is 0.477. The van der Waals surface area contributed by atoms with E-state index in [0.29, 0.717) is 23.5 Å². The van der Waals surface area contributed by atoms with Crippen molar-refractivity contribution < 1.29 is 24.2 Å². The van der Waals surface area contributed by atoms with E-state index in [2.05, 4.69) is 10.3 Å². The number of hydrogen-bond donors (Lipinski definition) is 3. The zero-order valence-electron chi connectivity index (χ0n) is 14.9. The number of hydrogen-bond acceptors (Lipinski definition) is 5.